The zero-order valence-corrected chi connectivity index (χ0v) is 17.1. The predicted molar refractivity (Wildman–Crippen MR) is 111 cm³/mol. The third-order valence-electron chi connectivity index (χ3n) is 5.79. The lowest BCUT2D eigenvalue weighted by Crippen LogP contribution is -2.56. The molecule has 0 aliphatic carbocycles. The number of hydrogen-bond donors (Lipinski definition) is 4. The number of piperidine rings is 1. The van der Waals surface area contributed by atoms with E-state index < -0.39 is 36.4 Å². The molecule has 2 aliphatic heterocycles. The first kappa shape index (κ1) is 22.2. The Morgan fingerprint density at radius 2 is 1.87 bits per heavy atom. The maximum Gasteiger partial charge on any atom is 0.262 e. The lowest BCUT2D eigenvalue weighted by atomic mass is 9.92. The minimum absolute atomic E-state index is 0.0829. The van der Waals surface area contributed by atoms with Gasteiger partial charge in [0, 0.05) is 31.2 Å². The molecule has 0 radical (unpaired) electrons. The zero-order valence-electron chi connectivity index (χ0n) is 17.1. The Morgan fingerprint density at radius 1 is 1.20 bits per heavy atom. The fourth-order valence-electron chi connectivity index (χ4n) is 3.79. The van der Waals surface area contributed by atoms with Crippen LogP contribution < -0.4 is 10.2 Å². The molecule has 1 aromatic rings. The fourth-order valence-corrected chi connectivity index (χ4v) is 3.79. The molecular formula is C22H29N3O5. The molecule has 2 aliphatic rings. The largest absolute Gasteiger partial charge is 0.390 e. The summed E-state index contributed by atoms with van der Waals surface area (Å²) in [6.45, 7) is 3.49. The number of anilines is 1. The first-order valence-corrected chi connectivity index (χ1v) is 10.4. The van der Waals surface area contributed by atoms with Gasteiger partial charge in [-0.2, -0.15) is 5.26 Å². The number of nitriles is 1. The molecule has 2 fully saturated rings. The van der Waals surface area contributed by atoms with Crippen molar-refractivity contribution in [2.75, 3.05) is 24.5 Å². The number of aliphatic hydroxyl groups excluding tert-OH is 3. The number of rotatable bonds is 5. The molecule has 2 heterocycles. The van der Waals surface area contributed by atoms with E-state index in [1.165, 1.54) is 25.3 Å². The average molecular weight is 415 g/mol. The molecule has 1 aromatic carbocycles. The quantitative estimate of drug-likeness (QED) is 0.413. The van der Waals surface area contributed by atoms with Crippen LogP contribution in [0.2, 0.25) is 0 Å². The van der Waals surface area contributed by atoms with E-state index in [-0.39, 0.29) is 12.1 Å². The summed E-state index contributed by atoms with van der Waals surface area (Å²) in [7, 11) is 0. The van der Waals surface area contributed by atoms with Crippen molar-refractivity contribution in [3.63, 3.8) is 0 Å². The van der Waals surface area contributed by atoms with Gasteiger partial charge in [-0.3, -0.25) is 4.79 Å². The second-order valence-corrected chi connectivity index (χ2v) is 7.92. The maximum atomic E-state index is 12.4. The van der Waals surface area contributed by atoms with E-state index in [0.717, 1.165) is 24.3 Å². The number of hydrogen-bond acceptors (Lipinski definition) is 7. The van der Waals surface area contributed by atoms with Crippen LogP contribution >= 0.6 is 0 Å². The molecule has 4 N–H and O–H groups in total. The molecule has 2 saturated heterocycles. The van der Waals surface area contributed by atoms with Crippen molar-refractivity contribution in [2.24, 2.45) is 5.92 Å². The topological polar surface area (TPSA) is 126 Å². The molecule has 3 rings (SSSR count). The molecule has 0 saturated carbocycles. The number of ether oxygens (including phenoxy) is 1. The molecule has 8 nitrogen and oxygen atoms in total. The first-order valence-electron chi connectivity index (χ1n) is 10.4. The van der Waals surface area contributed by atoms with Gasteiger partial charge >= 0.3 is 0 Å². The summed E-state index contributed by atoms with van der Waals surface area (Å²) in [5.74, 6) is -1.26. The highest BCUT2D eigenvalue weighted by molar-refractivity contribution is 6.01. The van der Waals surface area contributed by atoms with Gasteiger partial charge < -0.3 is 30.3 Å². The number of aliphatic hydroxyl groups is 3. The van der Waals surface area contributed by atoms with E-state index in [1.807, 2.05) is 30.3 Å². The summed E-state index contributed by atoms with van der Waals surface area (Å²) in [6, 6.07) is 9.60. The lowest BCUT2D eigenvalue weighted by Gasteiger charge is -2.39. The summed E-state index contributed by atoms with van der Waals surface area (Å²) in [6.07, 6.45) is 0.505. The highest BCUT2D eigenvalue weighted by atomic mass is 16.6. The van der Waals surface area contributed by atoms with Crippen LogP contribution in [0.1, 0.15) is 31.7 Å². The highest BCUT2D eigenvalue weighted by Gasteiger charge is 2.41. The Hall–Kier alpha value is -2.44. The molecule has 0 spiro atoms. The molecule has 8 heteroatoms. The number of nitrogens with one attached hydrogen (secondary N) is 1. The van der Waals surface area contributed by atoms with Crippen LogP contribution in [0.15, 0.2) is 29.8 Å². The fraction of sp³-hybridized carbons (Fsp3) is 0.545. The Balaban J connectivity index is 1.60. The van der Waals surface area contributed by atoms with Crippen LogP contribution in [0.5, 0.6) is 0 Å². The Morgan fingerprint density at radius 3 is 2.50 bits per heavy atom. The van der Waals surface area contributed by atoms with Crippen LogP contribution in [-0.4, -0.2) is 65.5 Å². The van der Waals surface area contributed by atoms with Gasteiger partial charge in [0.05, 0.1) is 6.10 Å². The van der Waals surface area contributed by atoms with E-state index in [1.54, 1.807) is 6.92 Å². The second-order valence-electron chi connectivity index (χ2n) is 7.92. The molecular weight excluding hydrogens is 386 g/mol. The molecule has 0 bridgehead atoms. The lowest BCUT2D eigenvalue weighted by molar-refractivity contribution is -0.258. The highest BCUT2D eigenvalue weighted by Crippen LogP contribution is 2.24. The third-order valence-corrected chi connectivity index (χ3v) is 5.79. The second kappa shape index (κ2) is 10.0. The summed E-state index contributed by atoms with van der Waals surface area (Å²) in [4.78, 5) is 14.7. The van der Waals surface area contributed by atoms with Gasteiger partial charge in [-0.25, -0.2) is 0 Å². The van der Waals surface area contributed by atoms with Crippen molar-refractivity contribution in [3.05, 3.63) is 35.4 Å². The Bertz CT molecular complexity index is 798. The van der Waals surface area contributed by atoms with E-state index in [0.29, 0.717) is 0 Å². The zero-order chi connectivity index (χ0) is 21.7. The summed E-state index contributed by atoms with van der Waals surface area (Å²) in [5.41, 5.74) is 1.78. The van der Waals surface area contributed by atoms with Crippen LogP contribution in [0.4, 0.5) is 5.69 Å². The van der Waals surface area contributed by atoms with E-state index in [2.05, 4.69) is 10.2 Å². The van der Waals surface area contributed by atoms with Crippen molar-refractivity contribution in [2.45, 2.75) is 50.8 Å². The van der Waals surface area contributed by atoms with E-state index >= 15 is 0 Å². The number of carbonyl (C=O) groups is 1. The standard InChI is InChI=1S/C22H29N3O5/c1-14-19(26)20(27)18(30-22(14)29)13-24-21(28)16(12-23)11-15-5-7-17(8-6-15)25-9-3-2-4-10-25/h5-8,11,14,18-20,22,26-27,29H,2-4,9-10,13H2,1H3,(H,24,28)/b16-11+/t14-,18-,19-,20-,22?/m1/s1. The van der Waals surface area contributed by atoms with Gasteiger partial charge in [0.2, 0.25) is 0 Å². The molecule has 162 valence electrons. The SMILES string of the molecule is C[C@H]1C(O)O[C@H](CNC(=O)/C(C#N)=C/c2ccc(N3CCCCC3)cc2)[C@@H](O)[C@@H]1O. The number of carbonyl (C=O) groups excluding carboxylic acids is 1. The maximum absolute atomic E-state index is 12.4. The molecule has 0 aromatic heterocycles. The third kappa shape index (κ3) is 5.18. The van der Waals surface area contributed by atoms with Gasteiger partial charge in [-0.05, 0) is 43.0 Å². The number of benzene rings is 1. The van der Waals surface area contributed by atoms with Crippen LogP contribution in [0, 0.1) is 17.2 Å². The van der Waals surface area contributed by atoms with Crippen molar-refractivity contribution >= 4 is 17.7 Å². The van der Waals surface area contributed by atoms with Gasteiger partial charge in [-0.15, -0.1) is 0 Å². The first-order chi connectivity index (χ1) is 14.4. The number of amides is 1. The van der Waals surface area contributed by atoms with Crippen LogP contribution in [0.25, 0.3) is 6.08 Å². The van der Waals surface area contributed by atoms with Gasteiger partial charge in [-0.1, -0.05) is 19.1 Å². The summed E-state index contributed by atoms with van der Waals surface area (Å²) < 4.78 is 5.26. The Labute approximate surface area is 176 Å². The molecule has 1 amide bonds. The Kier molecular flexibility index (Phi) is 7.45. The van der Waals surface area contributed by atoms with Crippen LogP contribution in [0.3, 0.4) is 0 Å². The van der Waals surface area contributed by atoms with Crippen molar-refractivity contribution in [1.82, 2.24) is 5.32 Å². The predicted octanol–water partition coefficient (Wildman–Crippen LogP) is 0.775. The van der Waals surface area contributed by atoms with Crippen molar-refractivity contribution < 1.29 is 24.9 Å². The average Bonchev–Trinajstić information content (AvgIpc) is 2.78. The minimum atomic E-state index is -1.25. The normalized spacial score (nSPS) is 29.9. The van der Waals surface area contributed by atoms with E-state index in [9.17, 15) is 25.4 Å². The minimum Gasteiger partial charge on any atom is -0.390 e. The van der Waals surface area contributed by atoms with Crippen LogP contribution in [-0.2, 0) is 9.53 Å². The summed E-state index contributed by atoms with van der Waals surface area (Å²) in [5, 5.41) is 41.7. The van der Waals surface area contributed by atoms with Crippen molar-refractivity contribution in [1.29, 1.82) is 5.26 Å². The molecule has 30 heavy (non-hydrogen) atoms. The number of nitrogens with zero attached hydrogens (tertiary/aromatic N) is 2. The smallest absolute Gasteiger partial charge is 0.262 e. The van der Waals surface area contributed by atoms with Gasteiger partial charge in [0.1, 0.15) is 23.9 Å². The monoisotopic (exact) mass is 415 g/mol. The molecule has 5 atom stereocenters. The molecule has 1 unspecified atom stereocenters. The van der Waals surface area contributed by atoms with E-state index in [4.69, 9.17) is 4.74 Å². The van der Waals surface area contributed by atoms with Crippen molar-refractivity contribution in [3.8, 4) is 6.07 Å². The summed E-state index contributed by atoms with van der Waals surface area (Å²) >= 11 is 0. The van der Waals surface area contributed by atoms with Gasteiger partial charge in [0.25, 0.3) is 5.91 Å². The van der Waals surface area contributed by atoms with Gasteiger partial charge in [0.15, 0.2) is 6.29 Å².